The van der Waals surface area contributed by atoms with Gasteiger partial charge in [-0.15, -0.1) is 0 Å². The molecule has 0 atom stereocenters. The van der Waals surface area contributed by atoms with Gasteiger partial charge in [0.05, 0.1) is 6.61 Å². The van der Waals surface area contributed by atoms with Crippen LogP contribution in [0.15, 0.2) is 18.2 Å². The maximum atomic E-state index is 11.4. The number of nitrogens with zero attached hydrogens (tertiary/aromatic N) is 1. The predicted molar refractivity (Wildman–Crippen MR) is 68.5 cm³/mol. The summed E-state index contributed by atoms with van der Waals surface area (Å²) in [6, 6.07) is 5.65. The number of hydrogen-bond donors (Lipinski definition) is 1. The third kappa shape index (κ3) is 2.77. The maximum absolute atomic E-state index is 11.4. The summed E-state index contributed by atoms with van der Waals surface area (Å²) in [4.78, 5) is 13.7. The third-order valence-corrected chi connectivity index (χ3v) is 3.00. The molecule has 2 N–H and O–H groups in total. The molecule has 17 heavy (non-hydrogen) atoms. The molecule has 1 heterocycles. The van der Waals surface area contributed by atoms with Crippen molar-refractivity contribution in [3.63, 3.8) is 0 Å². The third-order valence-electron chi connectivity index (χ3n) is 3.00. The van der Waals surface area contributed by atoms with Gasteiger partial charge in [-0.3, -0.25) is 4.79 Å². The van der Waals surface area contributed by atoms with Crippen LogP contribution in [0, 0.1) is 0 Å². The molecule has 1 saturated heterocycles. The SMILES string of the molecule is CC(=O)c1cc(N2CCCOCC2)ccc1N. The summed E-state index contributed by atoms with van der Waals surface area (Å²) >= 11 is 0. The summed E-state index contributed by atoms with van der Waals surface area (Å²) in [5.74, 6) is 0.00965. The number of ether oxygens (including phenoxy) is 1. The largest absolute Gasteiger partial charge is 0.398 e. The molecule has 0 amide bonds. The second-order valence-electron chi connectivity index (χ2n) is 4.28. The molecule has 1 aromatic rings. The molecule has 0 bridgehead atoms. The molecule has 4 nitrogen and oxygen atoms in total. The zero-order valence-electron chi connectivity index (χ0n) is 10.1. The Hall–Kier alpha value is -1.55. The quantitative estimate of drug-likeness (QED) is 0.625. The molecule has 0 aromatic heterocycles. The van der Waals surface area contributed by atoms with E-state index in [0.29, 0.717) is 11.3 Å². The highest BCUT2D eigenvalue weighted by Gasteiger charge is 2.12. The average Bonchev–Trinajstić information content (AvgIpc) is 2.58. The van der Waals surface area contributed by atoms with Crippen molar-refractivity contribution in [1.82, 2.24) is 0 Å². The lowest BCUT2D eigenvalue weighted by Crippen LogP contribution is -2.26. The van der Waals surface area contributed by atoms with Crippen molar-refractivity contribution in [3.8, 4) is 0 Å². The summed E-state index contributed by atoms with van der Waals surface area (Å²) < 4.78 is 5.41. The van der Waals surface area contributed by atoms with E-state index in [2.05, 4.69) is 4.90 Å². The number of ketones is 1. The highest BCUT2D eigenvalue weighted by atomic mass is 16.5. The van der Waals surface area contributed by atoms with Crippen LogP contribution in [-0.2, 0) is 4.74 Å². The van der Waals surface area contributed by atoms with Crippen LogP contribution in [0.4, 0.5) is 11.4 Å². The molecule has 0 unspecified atom stereocenters. The molecule has 0 spiro atoms. The van der Waals surface area contributed by atoms with E-state index in [1.807, 2.05) is 12.1 Å². The summed E-state index contributed by atoms with van der Waals surface area (Å²) in [7, 11) is 0. The highest BCUT2D eigenvalue weighted by Crippen LogP contribution is 2.22. The van der Waals surface area contributed by atoms with Crippen molar-refractivity contribution in [3.05, 3.63) is 23.8 Å². The molecular weight excluding hydrogens is 216 g/mol. The Morgan fingerprint density at radius 3 is 2.94 bits per heavy atom. The summed E-state index contributed by atoms with van der Waals surface area (Å²) in [5.41, 5.74) is 7.99. The first-order valence-corrected chi connectivity index (χ1v) is 5.91. The fourth-order valence-electron chi connectivity index (χ4n) is 2.05. The number of hydrogen-bond acceptors (Lipinski definition) is 4. The molecule has 1 aromatic carbocycles. The summed E-state index contributed by atoms with van der Waals surface area (Å²) in [6.45, 7) is 4.91. The lowest BCUT2D eigenvalue weighted by molar-refractivity contribution is 0.101. The molecule has 1 aliphatic rings. The Balaban J connectivity index is 2.25. The topological polar surface area (TPSA) is 55.6 Å². The molecule has 2 rings (SSSR count). The van der Waals surface area contributed by atoms with Crippen LogP contribution in [0.5, 0.6) is 0 Å². The number of anilines is 2. The van der Waals surface area contributed by atoms with Gasteiger partial charge in [0.1, 0.15) is 0 Å². The number of carbonyl (C=O) groups is 1. The van der Waals surface area contributed by atoms with Crippen molar-refractivity contribution >= 4 is 17.2 Å². The van der Waals surface area contributed by atoms with Crippen LogP contribution in [0.25, 0.3) is 0 Å². The van der Waals surface area contributed by atoms with E-state index in [1.165, 1.54) is 0 Å². The molecule has 0 saturated carbocycles. The molecule has 0 radical (unpaired) electrons. The standard InChI is InChI=1S/C13H18N2O2/c1-10(16)12-9-11(3-4-13(12)14)15-5-2-7-17-8-6-15/h3-4,9H,2,5-8,14H2,1H3. The average molecular weight is 234 g/mol. The van der Waals surface area contributed by atoms with Crippen LogP contribution in [0.1, 0.15) is 23.7 Å². The first-order valence-electron chi connectivity index (χ1n) is 5.91. The highest BCUT2D eigenvalue weighted by molar-refractivity contribution is 6.00. The van der Waals surface area contributed by atoms with E-state index in [1.54, 1.807) is 13.0 Å². The monoisotopic (exact) mass is 234 g/mol. The number of nitrogens with two attached hydrogens (primary N) is 1. The zero-order chi connectivity index (χ0) is 12.3. The van der Waals surface area contributed by atoms with Crippen molar-refractivity contribution in [2.24, 2.45) is 0 Å². The van der Waals surface area contributed by atoms with Crippen LogP contribution in [0.2, 0.25) is 0 Å². The number of benzene rings is 1. The number of carbonyl (C=O) groups excluding carboxylic acids is 1. The fourth-order valence-corrected chi connectivity index (χ4v) is 2.05. The minimum Gasteiger partial charge on any atom is -0.398 e. The normalized spacial score (nSPS) is 16.6. The smallest absolute Gasteiger partial charge is 0.161 e. The molecule has 92 valence electrons. The Kier molecular flexibility index (Phi) is 3.64. The van der Waals surface area contributed by atoms with Gasteiger partial charge in [0.2, 0.25) is 0 Å². The van der Waals surface area contributed by atoms with Gasteiger partial charge in [0, 0.05) is 36.6 Å². The van der Waals surface area contributed by atoms with Crippen molar-refractivity contribution in [2.45, 2.75) is 13.3 Å². The maximum Gasteiger partial charge on any atom is 0.161 e. The summed E-state index contributed by atoms with van der Waals surface area (Å²) in [5, 5.41) is 0. The molecular formula is C13H18N2O2. The van der Waals surface area contributed by atoms with E-state index in [0.717, 1.165) is 38.4 Å². The predicted octanol–water partition coefficient (Wildman–Crippen LogP) is 1.70. The fraction of sp³-hybridized carbons (Fsp3) is 0.462. The number of nitrogen functional groups attached to an aromatic ring is 1. The Morgan fingerprint density at radius 2 is 2.18 bits per heavy atom. The Labute approximate surface area is 101 Å². The van der Waals surface area contributed by atoms with E-state index < -0.39 is 0 Å². The molecule has 0 aliphatic carbocycles. The molecule has 1 fully saturated rings. The van der Waals surface area contributed by atoms with Crippen LogP contribution < -0.4 is 10.6 Å². The van der Waals surface area contributed by atoms with E-state index in [9.17, 15) is 4.79 Å². The van der Waals surface area contributed by atoms with Gasteiger partial charge < -0.3 is 15.4 Å². The van der Waals surface area contributed by atoms with Gasteiger partial charge in [-0.2, -0.15) is 0 Å². The summed E-state index contributed by atoms with van der Waals surface area (Å²) in [6.07, 6.45) is 1.01. The van der Waals surface area contributed by atoms with Gasteiger partial charge in [0.25, 0.3) is 0 Å². The Bertz CT molecular complexity index is 410. The lowest BCUT2D eigenvalue weighted by Gasteiger charge is -2.22. The first-order chi connectivity index (χ1) is 8.18. The number of Topliss-reactive ketones (excluding diaryl/α,β-unsaturated/α-hetero) is 1. The lowest BCUT2D eigenvalue weighted by atomic mass is 10.1. The van der Waals surface area contributed by atoms with Crippen molar-refractivity contribution < 1.29 is 9.53 Å². The van der Waals surface area contributed by atoms with Gasteiger partial charge in [-0.1, -0.05) is 0 Å². The van der Waals surface area contributed by atoms with E-state index in [4.69, 9.17) is 10.5 Å². The second kappa shape index (κ2) is 5.19. The van der Waals surface area contributed by atoms with Gasteiger partial charge in [-0.05, 0) is 31.5 Å². The minimum atomic E-state index is 0.00965. The van der Waals surface area contributed by atoms with Gasteiger partial charge in [-0.25, -0.2) is 0 Å². The molecule has 4 heteroatoms. The molecule has 1 aliphatic heterocycles. The van der Waals surface area contributed by atoms with Crippen LogP contribution in [-0.4, -0.2) is 32.1 Å². The van der Waals surface area contributed by atoms with Crippen molar-refractivity contribution in [1.29, 1.82) is 0 Å². The second-order valence-corrected chi connectivity index (χ2v) is 4.28. The van der Waals surface area contributed by atoms with E-state index in [-0.39, 0.29) is 5.78 Å². The van der Waals surface area contributed by atoms with Crippen LogP contribution >= 0.6 is 0 Å². The van der Waals surface area contributed by atoms with Gasteiger partial charge in [0.15, 0.2) is 5.78 Å². The van der Waals surface area contributed by atoms with E-state index >= 15 is 0 Å². The number of rotatable bonds is 2. The Morgan fingerprint density at radius 1 is 1.35 bits per heavy atom. The van der Waals surface area contributed by atoms with Gasteiger partial charge >= 0.3 is 0 Å². The zero-order valence-corrected chi connectivity index (χ0v) is 10.1. The van der Waals surface area contributed by atoms with Crippen LogP contribution in [0.3, 0.4) is 0 Å². The van der Waals surface area contributed by atoms with Crippen molar-refractivity contribution in [2.75, 3.05) is 36.9 Å². The first kappa shape index (κ1) is 11.9. The minimum absolute atomic E-state index is 0.00965.